The second-order valence-electron chi connectivity index (χ2n) is 5.74. The standard InChI is InChI=1S/C17H18F2N2O2.ClH/c1-10-12(5-7-23-10)17(22)21-16-9-20-6-4-13(16)11-2-3-14(18)15(19)8-11;/h2-3,5,7-8,13,16,20H,4,6,9H2,1H3,(H,21,22);1H. The molecule has 0 bridgehead atoms. The minimum atomic E-state index is -0.864. The van der Waals surface area contributed by atoms with Gasteiger partial charge in [-0.25, -0.2) is 8.78 Å². The van der Waals surface area contributed by atoms with Gasteiger partial charge in [-0.1, -0.05) is 6.07 Å². The molecule has 0 aliphatic carbocycles. The van der Waals surface area contributed by atoms with Gasteiger partial charge in [0.05, 0.1) is 11.8 Å². The fourth-order valence-electron chi connectivity index (χ4n) is 3.02. The lowest BCUT2D eigenvalue weighted by Crippen LogP contribution is -2.50. The van der Waals surface area contributed by atoms with Crippen molar-refractivity contribution in [2.24, 2.45) is 0 Å². The topological polar surface area (TPSA) is 54.3 Å². The second kappa shape index (κ2) is 7.77. The highest BCUT2D eigenvalue weighted by molar-refractivity contribution is 5.95. The number of furan rings is 1. The molecule has 1 aliphatic heterocycles. The van der Waals surface area contributed by atoms with Crippen LogP contribution in [0, 0.1) is 18.6 Å². The van der Waals surface area contributed by atoms with E-state index in [1.807, 2.05) is 0 Å². The highest BCUT2D eigenvalue weighted by Gasteiger charge is 2.29. The quantitative estimate of drug-likeness (QED) is 0.888. The van der Waals surface area contributed by atoms with Crippen LogP contribution in [0.25, 0.3) is 0 Å². The summed E-state index contributed by atoms with van der Waals surface area (Å²) in [6, 6.07) is 5.35. The van der Waals surface area contributed by atoms with Crippen LogP contribution in [0.5, 0.6) is 0 Å². The minimum absolute atomic E-state index is 0. The maximum Gasteiger partial charge on any atom is 0.255 e. The molecule has 1 amide bonds. The molecule has 7 heteroatoms. The van der Waals surface area contributed by atoms with E-state index in [0.717, 1.165) is 19.0 Å². The normalized spacial score (nSPS) is 20.3. The third-order valence-corrected chi connectivity index (χ3v) is 4.27. The molecular weight excluding hydrogens is 338 g/mol. The van der Waals surface area contributed by atoms with Crippen molar-refractivity contribution in [2.75, 3.05) is 13.1 Å². The maximum absolute atomic E-state index is 13.5. The van der Waals surface area contributed by atoms with Gasteiger partial charge in [0.2, 0.25) is 0 Å². The summed E-state index contributed by atoms with van der Waals surface area (Å²) in [7, 11) is 0. The Morgan fingerprint density at radius 3 is 2.75 bits per heavy atom. The van der Waals surface area contributed by atoms with Crippen LogP contribution >= 0.6 is 12.4 Å². The van der Waals surface area contributed by atoms with Gasteiger partial charge in [0, 0.05) is 18.5 Å². The molecule has 24 heavy (non-hydrogen) atoms. The third-order valence-electron chi connectivity index (χ3n) is 4.27. The third kappa shape index (κ3) is 3.76. The summed E-state index contributed by atoms with van der Waals surface area (Å²) in [6.45, 7) is 3.06. The predicted octanol–water partition coefficient (Wildman–Crippen LogP) is 3.16. The lowest BCUT2D eigenvalue weighted by molar-refractivity contribution is 0.0923. The van der Waals surface area contributed by atoms with Gasteiger partial charge < -0.3 is 15.1 Å². The van der Waals surface area contributed by atoms with E-state index in [1.54, 1.807) is 19.1 Å². The van der Waals surface area contributed by atoms with Crippen LogP contribution < -0.4 is 10.6 Å². The van der Waals surface area contributed by atoms with Crippen molar-refractivity contribution in [1.82, 2.24) is 10.6 Å². The summed E-state index contributed by atoms with van der Waals surface area (Å²) in [5.41, 5.74) is 1.18. The maximum atomic E-state index is 13.5. The second-order valence-corrected chi connectivity index (χ2v) is 5.74. The number of nitrogens with one attached hydrogen (secondary N) is 2. The Bertz CT molecular complexity index is 720. The molecule has 1 aromatic heterocycles. The molecule has 130 valence electrons. The monoisotopic (exact) mass is 356 g/mol. The van der Waals surface area contributed by atoms with Crippen molar-refractivity contribution in [2.45, 2.75) is 25.3 Å². The summed E-state index contributed by atoms with van der Waals surface area (Å²) in [5.74, 6) is -1.47. The van der Waals surface area contributed by atoms with Crippen molar-refractivity contribution in [3.63, 3.8) is 0 Å². The van der Waals surface area contributed by atoms with Crippen molar-refractivity contribution < 1.29 is 18.0 Å². The zero-order chi connectivity index (χ0) is 16.4. The summed E-state index contributed by atoms with van der Waals surface area (Å²) < 4.78 is 31.8. The zero-order valence-corrected chi connectivity index (χ0v) is 14.0. The molecule has 1 saturated heterocycles. The lowest BCUT2D eigenvalue weighted by Gasteiger charge is -2.33. The van der Waals surface area contributed by atoms with Crippen molar-refractivity contribution in [1.29, 1.82) is 0 Å². The largest absolute Gasteiger partial charge is 0.469 e. The average molecular weight is 357 g/mol. The van der Waals surface area contributed by atoms with E-state index in [4.69, 9.17) is 4.42 Å². The number of rotatable bonds is 3. The molecule has 1 aliphatic rings. The van der Waals surface area contributed by atoms with Crippen molar-refractivity contribution in [3.8, 4) is 0 Å². The molecule has 1 fully saturated rings. The first-order valence-electron chi connectivity index (χ1n) is 7.57. The van der Waals surface area contributed by atoms with Gasteiger partial charge in [0.1, 0.15) is 5.76 Å². The van der Waals surface area contributed by atoms with Gasteiger partial charge in [0.25, 0.3) is 5.91 Å². The molecule has 0 spiro atoms. The van der Waals surface area contributed by atoms with Gasteiger partial charge in [-0.2, -0.15) is 0 Å². The van der Waals surface area contributed by atoms with Gasteiger partial charge in [0.15, 0.2) is 11.6 Å². The Kier molecular flexibility index (Phi) is 5.96. The van der Waals surface area contributed by atoms with E-state index < -0.39 is 11.6 Å². The van der Waals surface area contributed by atoms with E-state index >= 15 is 0 Å². The van der Waals surface area contributed by atoms with E-state index in [0.29, 0.717) is 23.4 Å². The summed E-state index contributed by atoms with van der Waals surface area (Å²) in [5, 5.41) is 6.19. The van der Waals surface area contributed by atoms with Crippen LogP contribution in [0.4, 0.5) is 8.78 Å². The van der Waals surface area contributed by atoms with Crippen LogP contribution in [-0.4, -0.2) is 25.0 Å². The zero-order valence-electron chi connectivity index (χ0n) is 13.1. The fraction of sp³-hybridized carbons (Fsp3) is 0.353. The molecule has 2 N–H and O–H groups in total. The average Bonchev–Trinajstić information content (AvgIpc) is 2.97. The summed E-state index contributed by atoms with van der Waals surface area (Å²) in [6.07, 6.45) is 2.20. The van der Waals surface area contributed by atoms with Gasteiger partial charge in [-0.3, -0.25) is 4.79 Å². The summed E-state index contributed by atoms with van der Waals surface area (Å²) in [4.78, 5) is 12.4. The number of amides is 1. The van der Waals surface area contributed by atoms with Crippen molar-refractivity contribution >= 4 is 18.3 Å². The Balaban J connectivity index is 0.00000208. The lowest BCUT2D eigenvalue weighted by atomic mass is 9.86. The smallest absolute Gasteiger partial charge is 0.255 e. The Hall–Kier alpha value is -1.92. The fourth-order valence-corrected chi connectivity index (χ4v) is 3.02. The highest BCUT2D eigenvalue weighted by Crippen LogP contribution is 2.27. The number of hydrogen-bond donors (Lipinski definition) is 2. The van der Waals surface area contributed by atoms with E-state index in [2.05, 4.69) is 10.6 Å². The SMILES string of the molecule is Cc1occc1C(=O)NC1CNCCC1c1ccc(F)c(F)c1.Cl. The first-order valence-corrected chi connectivity index (χ1v) is 7.57. The molecule has 4 nitrogen and oxygen atoms in total. The van der Waals surface area contributed by atoms with Gasteiger partial charge >= 0.3 is 0 Å². The first kappa shape index (κ1) is 18.4. The molecule has 2 aromatic rings. The van der Waals surface area contributed by atoms with Gasteiger partial charge in [-0.05, 0) is 43.7 Å². The van der Waals surface area contributed by atoms with Gasteiger partial charge in [-0.15, -0.1) is 12.4 Å². The number of carbonyl (C=O) groups excluding carboxylic acids is 1. The van der Waals surface area contributed by atoms with Crippen LogP contribution in [-0.2, 0) is 0 Å². The molecule has 2 unspecified atom stereocenters. The Morgan fingerprint density at radius 1 is 1.29 bits per heavy atom. The number of halogens is 3. The molecule has 0 radical (unpaired) electrons. The van der Waals surface area contributed by atoms with Crippen LogP contribution in [0.15, 0.2) is 34.9 Å². The first-order chi connectivity index (χ1) is 11.1. The van der Waals surface area contributed by atoms with Crippen LogP contribution in [0.1, 0.15) is 34.0 Å². The van der Waals surface area contributed by atoms with Crippen LogP contribution in [0.3, 0.4) is 0 Å². The molecule has 1 aromatic carbocycles. The molecule has 0 saturated carbocycles. The molecule has 2 atom stereocenters. The Morgan fingerprint density at radius 2 is 2.08 bits per heavy atom. The molecule has 3 rings (SSSR count). The van der Waals surface area contributed by atoms with E-state index in [9.17, 15) is 13.6 Å². The number of aryl methyl sites for hydroxylation is 1. The number of hydrogen-bond acceptors (Lipinski definition) is 3. The minimum Gasteiger partial charge on any atom is -0.469 e. The summed E-state index contributed by atoms with van der Waals surface area (Å²) >= 11 is 0. The predicted molar refractivity (Wildman–Crippen MR) is 88.5 cm³/mol. The molecular formula is C17H19ClF2N2O2. The molecule has 2 heterocycles. The number of carbonyl (C=O) groups is 1. The van der Waals surface area contributed by atoms with E-state index in [-0.39, 0.29) is 30.3 Å². The van der Waals surface area contributed by atoms with E-state index in [1.165, 1.54) is 12.3 Å². The Labute approximate surface area is 145 Å². The highest BCUT2D eigenvalue weighted by atomic mass is 35.5. The van der Waals surface area contributed by atoms with Crippen molar-refractivity contribution in [3.05, 3.63) is 59.1 Å². The number of benzene rings is 1. The van der Waals surface area contributed by atoms with Crippen LogP contribution in [0.2, 0.25) is 0 Å². The number of piperidine rings is 1.